The summed E-state index contributed by atoms with van der Waals surface area (Å²) in [6.07, 6.45) is 3.61. The summed E-state index contributed by atoms with van der Waals surface area (Å²) in [6.45, 7) is 1.52. The first-order valence-electron chi connectivity index (χ1n) is 7.97. The third-order valence-corrected chi connectivity index (χ3v) is 4.37. The second kappa shape index (κ2) is 10.6. The zero-order valence-electron chi connectivity index (χ0n) is 14.8. The maximum absolute atomic E-state index is 13.8. The van der Waals surface area contributed by atoms with Crippen LogP contribution < -0.4 is 61.8 Å². The maximum atomic E-state index is 13.8. The number of carbonyl (C=O) groups is 1. The average Bonchev–Trinajstić information content (AvgIpc) is 3.04. The van der Waals surface area contributed by atoms with Crippen LogP contribution in [0.2, 0.25) is 0 Å². The molecule has 134 valence electrons. The van der Waals surface area contributed by atoms with Gasteiger partial charge in [0, 0.05) is 35.9 Å². The number of nitrogens with zero attached hydrogens (tertiary/aromatic N) is 2. The van der Waals surface area contributed by atoms with Gasteiger partial charge >= 0.3 is 51.4 Å². The molecule has 3 aromatic rings. The zero-order valence-corrected chi connectivity index (χ0v) is 19.5. The number of nitrogens with one attached hydrogen (secondary N) is 1. The van der Waals surface area contributed by atoms with Crippen LogP contribution in [0, 0.1) is 5.82 Å². The number of halogens is 2. The van der Waals surface area contributed by atoms with Crippen molar-refractivity contribution < 1.29 is 65.7 Å². The molecule has 2 aromatic carbocycles. The Morgan fingerprint density at radius 1 is 1.19 bits per heavy atom. The average molecular weight is 456 g/mol. The van der Waals surface area contributed by atoms with Gasteiger partial charge in [-0.1, -0.05) is 46.3 Å². The minimum Gasteiger partial charge on any atom is -0.545 e. The smallest absolute Gasteiger partial charge is 0.545 e. The first-order chi connectivity index (χ1) is 12.5. The molecule has 8 heteroatoms. The van der Waals surface area contributed by atoms with Crippen LogP contribution in [0.3, 0.4) is 0 Å². The Hall–Kier alpha value is -0.874. The van der Waals surface area contributed by atoms with Gasteiger partial charge in [-0.3, -0.25) is 0 Å². The number of aromatic nitrogens is 2. The van der Waals surface area contributed by atoms with E-state index in [0.717, 1.165) is 11.3 Å². The van der Waals surface area contributed by atoms with Gasteiger partial charge in [0.15, 0.2) is 0 Å². The maximum Gasteiger partial charge on any atom is 1.00 e. The van der Waals surface area contributed by atoms with Crippen LogP contribution in [0.1, 0.15) is 27.2 Å². The Labute approximate surface area is 207 Å². The standard InChI is InChI=1S/C19H17BrFN3O2.K/c20-16-6-5-15(18(21)7-16)8-22-9-17-11-24(12-23-17)10-13-1-3-14(4-2-13)19(25)26;/h1-7,11-12,22H,8-10H2,(H,25,26);/q;+1/p-1. The van der Waals surface area contributed by atoms with Crippen molar-refractivity contribution in [2.45, 2.75) is 19.6 Å². The number of carboxylic acids is 1. The first-order valence-corrected chi connectivity index (χ1v) is 8.76. The molecule has 0 amide bonds. The van der Waals surface area contributed by atoms with Gasteiger partial charge in [-0.25, -0.2) is 9.37 Å². The molecular weight excluding hydrogens is 440 g/mol. The number of aromatic carboxylic acids is 1. The molecule has 0 unspecified atom stereocenters. The molecule has 0 fully saturated rings. The molecule has 0 aliphatic heterocycles. The molecule has 0 radical (unpaired) electrons. The van der Waals surface area contributed by atoms with Crippen molar-refractivity contribution in [2.24, 2.45) is 0 Å². The Bertz CT molecular complexity index is 916. The molecule has 0 atom stereocenters. The van der Waals surface area contributed by atoms with Crippen molar-refractivity contribution in [3.05, 3.63) is 87.7 Å². The predicted molar refractivity (Wildman–Crippen MR) is 96.7 cm³/mol. The molecule has 0 spiro atoms. The largest absolute Gasteiger partial charge is 1.00 e. The molecule has 1 N–H and O–H groups in total. The summed E-state index contributed by atoms with van der Waals surface area (Å²) in [5, 5.41) is 13.9. The monoisotopic (exact) mass is 455 g/mol. The number of carbonyl (C=O) groups excluding carboxylic acids is 1. The normalized spacial score (nSPS) is 10.4. The molecule has 0 aliphatic rings. The number of rotatable bonds is 7. The fourth-order valence-corrected chi connectivity index (χ4v) is 2.86. The summed E-state index contributed by atoms with van der Waals surface area (Å²) < 4.78 is 16.4. The van der Waals surface area contributed by atoms with Crippen LogP contribution >= 0.6 is 15.9 Å². The van der Waals surface area contributed by atoms with Crippen LogP contribution in [0.4, 0.5) is 4.39 Å². The Morgan fingerprint density at radius 2 is 1.93 bits per heavy atom. The molecule has 1 heterocycles. The summed E-state index contributed by atoms with van der Waals surface area (Å²) in [6, 6.07) is 11.5. The summed E-state index contributed by atoms with van der Waals surface area (Å²) in [5.41, 5.74) is 2.56. The third-order valence-electron chi connectivity index (χ3n) is 3.88. The second-order valence-electron chi connectivity index (χ2n) is 5.86. The minimum atomic E-state index is -1.19. The number of imidazole rings is 1. The number of benzene rings is 2. The molecule has 1 aromatic heterocycles. The summed E-state index contributed by atoms with van der Waals surface area (Å²) >= 11 is 3.24. The molecule has 0 saturated heterocycles. The van der Waals surface area contributed by atoms with E-state index >= 15 is 0 Å². The quantitative estimate of drug-likeness (QED) is 0.487. The molecule has 27 heavy (non-hydrogen) atoms. The summed E-state index contributed by atoms with van der Waals surface area (Å²) in [5.74, 6) is -1.44. The van der Waals surface area contributed by atoms with Gasteiger partial charge in [-0.15, -0.1) is 0 Å². The van der Waals surface area contributed by atoms with Gasteiger partial charge in [0.05, 0.1) is 18.0 Å². The van der Waals surface area contributed by atoms with Crippen molar-refractivity contribution in [1.29, 1.82) is 0 Å². The first kappa shape index (κ1) is 22.4. The van der Waals surface area contributed by atoms with Gasteiger partial charge in [0.2, 0.25) is 0 Å². The van der Waals surface area contributed by atoms with Gasteiger partial charge in [-0.2, -0.15) is 0 Å². The van der Waals surface area contributed by atoms with E-state index in [1.54, 1.807) is 30.6 Å². The van der Waals surface area contributed by atoms with Crippen molar-refractivity contribution in [2.75, 3.05) is 0 Å². The Morgan fingerprint density at radius 3 is 2.59 bits per heavy atom. The number of carboxylic acid groups (broad SMARTS) is 1. The van der Waals surface area contributed by atoms with Gasteiger partial charge in [-0.05, 0) is 23.3 Å². The van der Waals surface area contributed by atoms with E-state index in [-0.39, 0.29) is 62.8 Å². The summed E-state index contributed by atoms with van der Waals surface area (Å²) in [4.78, 5) is 15.1. The van der Waals surface area contributed by atoms with Crippen molar-refractivity contribution in [3.63, 3.8) is 0 Å². The van der Waals surface area contributed by atoms with Crippen molar-refractivity contribution >= 4 is 21.9 Å². The second-order valence-corrected chi connectivity index (χ2v) is 6.78. The van der Waals surface area contributed by atoms with E-state index in [9.17, 15) is 14.3 Å². The van der Waals surface area contributed by atoms with Crippen LogP contribution in [-0.2, 0) is 19.6 Å². The van der Waals surface area contributed by atoms with Crippen molar-refractivity contribution in [1.82, 2.24) is 14.9 Å². The Kier molecular flexibility index (Phi) is 8.81. The van der Waals surface area contributed by atoms with Gasteiger partial charge < -0.3 is 19.8 Å². The Balaban J connectivity index is 0.00000261. The van der Waals surface area contributed by atoms with E-state index in [2.05, 4.69) is 26.2 Å². The third kappa shape index (κ3) is 6.60. The van der Waals surface area contributed by atoms with Gasteiger partial charge in [0.25, 0.3) is 0 Å². The SMILES string of the molecule is O=C([O-])c1ccc(Cn2cnc(CNCc3ccc(Br)cc3F)c2)cc1.[K+]. The fraction of sp³-hybridized carbons (Fsp3) is 0.158. The van der Waals surface area contributed by atoms with E-state index in [1.165, 1.54) is 18.2 Å². The topological polar surface area (TPSA) is 70.0 Å². The van der Waals surface area contributed by atoms with E-state index in [1.807, 2.05) is 10.8 Å². The molecule has 0 aliphatic carbocycles. The van der Waals surface area contributed by atoms with E-state index in [0.29, 0.717) is 29.7 Å². The molecular formula is C19H16BrFKN3O2. The van der Waals surface area contributed by atoms with Crippen LogP contribution in [0.25, 0.3) is 0 Å². The van der Waals surface area contributed by atoms with Crippen LogP contribution in [0.15, 0.2) is 59.5 Å². The van der Waals surface area contributed by atoms with Crippen LogP contribution in [0.5, 0.6) is 0 Å². The molecule has 0 saturated carbocycles. The molecule has 5 nitrogen and oxygen atoms in total. The zero-order chi connectivity index (χ0) is 18.5. The molecule has 0 bridgehead atoms. The predicted octanol–water partition coefficient (Wildman–Crippen LogP) is -0.510. The molecule has 3 rings (SSSR count). The van der Waals surface area contributed by atoms with E-state index in [4.69, 9.17) is 0 Å². The van der Waals surface area contributed by atoms with Crippen molar-refractivity contribution in [3.8, 4) is 0 Å². The fourth-order valence-electron chi connectivity index (χ4n) is 2.53. The van der Waals surface area contributed by atoms with E-state index < -0.39 is 5.97 Å². The van der Waals surface area contributed by atoms with Crippen LogP contribution in [-0.4, -0.2) is 15.5 Å². The van der Waals surface area contributed by atoms with Gasteiger partial charge in [0.1, 0.15) is 5.82 Å². The number of hydrogen-bond acceptors (Lipinski definition) is 4. The summed E-state index contributed by atoms with van der Waals surface area (Å²) in [7, 11) is 0. The minimum absolute atomic E-state index is 0. The number of hydrogen-bond donors (Lipinski definition) is 1.